The first-order valence-corrected chi connectivity index (χ1v) is 5.51. The van der Waals surface area contributed by atoms with Crippen molar-refractivity contribution in [3.05, 3.63) is 48.5 Å². The fourth-order valence-corrected chi connectivity index (χ4v) is 1.93. The zero-order chi connectivity index (χ0) is 13.4. The third-order valence-electron chi connectivity index (χ3n) is 2.75. The average Bonchev–Trinajstić information content (AvgIpc) is 2.78. The zero-order valence-electron chi connectivity index (χ0n) is 9.69. The van der Waals surface area contributed by atoms with Crippen LogP contribution in [0.5, 0.6) is 5.75 Å². The summed E-state index contributed by atoms with van der Waals surface area (Å²) < 4.78 is 1.61. The van der Waals surface area contributed by atoms with Crippen LogP contribution in [0.3, 0.4) is 0 Å². The van der Waals surface area contributed by atoms with Crippen LogP contribution in [0, 0.1) is 0 Å². The van der Waals surface area contributed by atoms with Gasteiger partial charge in [-0.15, -0.1) is 0 Å². The van der Waals surface area contributed by atoms with Gasteiger partial charge in [0.25, 0.3) is 0 Å². The molecule has 94 valence electrons. The van der Waals surface area contributed by atoms with E-state index in [2.05, 4.69) is 9.97 Å². The Morgan fingerprint density at radius 3 is 2.84 bits per heavy atom. The smallest absolute Gasteiger partial charge is 0.356 e. The van der Waals surface area contributed by atoms with Crippen LogP contribution < -0.4 is 0 Å². The van der Waals surface area contributed by atoms with Crippen molar-refractivity contribution in [2.24, 2.45) is 0 Å². The Balaban J connectivity index is 2.35. The molecule has 0 aliphatic carbocycles. The number of aromatic nitrogens is 3. The molecule has 6 nitrogen and oxygen atoms in total. The molecule has 3 aromatic rings. The molecular formula is C13H9N3O3. The van der Waals surface area contributed by atoms with Crippen LogP contribution >= 0.6 is 0 Å². The van der Waals surface area contributed by atoms with Gasteiger partial charge < -0.3 is 10.2 Å². The molecule has 3 aromatic heterocycles. The van der Waals surface area contributed by atoms with E-state index in [1.165, 1.54) is 12.1 Å². The molecular weight excluding hydrogens is 246 g/mol. The maximum Gasteiger partial charge on any atom is 0.356 e. The largest absolute Gasteiger partial charge is 0.508 e. The van der Waals surface area contributed by atoms with Gasteiger partial charge in [-0.3, -0.25) is 9.38 Å². The van der Waals surface area contributed by atoms with Crippen LogP contribution in [0.1, 0.15) is 10.5 Å². The Labute approximate surface area is 107 Å². The van der Waals surface area contributed by atoms with Gasteiger partial charge in [0.1, 0.15) is 11.6 Å². The summed E-state index contributed by atoms with van der Waals surface area (Å²) in [6.45, 7) is 0. The van der Waals surface area contributed by atoms with E-state index in [9.17, 15) is 9.90 Å². The predicted octanol–water partition coefficient (Wildman–Crippen LogP) is 1.80. The van der Waals surface area contributed by atoms with E-state index in [0.29, 0.717) is 16.9 Å². The summed E-state index contributed by atoms with van der Waals surface area (Å²) in [5.74, 6) is -0.675. The number of nitrogens with zero attached hydrogens (tertiary/aromatic N) is 3. The van der Waals surface area contributed by atoms with Gasteiger partial charge in [-0.05, 0) is 18.2 Å². The van der Waals surface area contributed by atoms with Crippen LogP contribution in [0.25, 0.3) is 16.9 Å². The second-order valence-electron chi connectivity index (χ2n) is 3.97. The van der Waals surface area contributed by atoms with Crippen LogP contribution in [-0.4, -0.2) is 30.6 Å². The van der Waals surface area contributed by atoms with Crippen LogP contribution in [0.4, 0.5) is 0 Å². The van der Waals surface area contributed by atoms with Crippen molar-refractivity contribution in [1.82, 2.24) is 14.4 Å². The normalized spacial score (nSPS) is 10.7. The highest BCUT2D eigenvalue weighted by Crippen LogP contribution is 2.24. The van der Waals surface area contributed by atoms with Crippen molar-refractivity contribution < 1.29 is 15.0 Å². The topological polar surface area (TPSA) is 87.7 Å². The molecule has 6 heteroatoms. The second kappa shape index (κ2) is 4.09. The van der Waals surface area contributed by atoms with Crippen molar-refractivity contribution in [3.63, 3.8) is 0 Å². The number of aromatic hydroxyl groups is 1. The molecule has 19 heavy (non-hydrogen) atoms. The molecule has 0 amide bonds. The van der Waals surface area contributed by atoms with Gasteiger partial charge in [-0.1, -0.05) is 0 Å². The van der Waals surface area contributed by atoms with E-state index in [4.69, 9.17) is 5.11 Å². The predicted molar refractivity (Wildman–Crippen MR) is 67.0 cm³/mol. The summed E-state index contributed by atoms with van der Waals surface area (Å²) in [6.07, 6.45) is 4.81. The zero-order valence-corrected chi connectivity index (χ0v) is 9.69. The number of carboxylic acids is 1. The van der Waals surface area contributed by atoms with Crippen molar-refractivity contribution in [2.45, 2.75) is 0 Å². The van der Waals surface area contributed by atoms with Gasteiger partial charge in [-0.2, -0.15) is 0 Å². The molecule has 0 aromatic carbocycles. The Morgan fingerprint density at radius 2 is 2.16 bits per heavy atom. The lowest BCUT2D eigenvalue weighted by Crippen LogP contribution is -1.97. The van der Waals surface area contributed by atoms with Gasteiger partial charge >= 0.3 is 5.97 Å². The van der Waals surface area contributed by atoms with E-state index in [1.807, 2.05) is 0 Å². The molecule has 0 bridgehead atoms. The fourth-order valence-electron chi connectivity index (χ4n) is 1.93. The number of carboxylic acid groups (broad SMARTS) is 1. The molecule has 0 spiro atoms. The van der Waals surface area contributed by atoms with Gasteiger partial charge in [0.05, 0.1) is 5.52 Å². The maximum absolute atomic E-state index is 11.2. The molecule has 0 fully saturated rings. The molecule has 0 saturated carbocycles. The molecule has 0 atom stereocenters. The Hall–Kier alpha value is -2.89. The summed E-state index contributed by atoms with van der Waals surface area (Å²) >= 11 is 0. The summed E-state index contributed by atoms with van der Waals surface area (Å²) in [6, 6.07) is 6.38. The first-order valence-electron chi connectivity index (χ1n) is 5.51. The Bertz CT molecular complexity index is 765. The molecule has 0 aliphatic heterocycles. The fraction of sp³-hybridized carbons (Fsp3) is 0. The van der Waals surface area contributed by atoms with E-state index < -0.39 is 5.97 Å². The molecule has 3 heterocycles. The minimum atomic E-state index is -1.14. The summed E-state index contributed by atoms with van der Waals surface area (Å²) in [7, 11) is 0. The molecule has 0 unspecified atom stereocenters. The number of fused-ring (bicyclic) bond motifs is 1. The Morgan fingerprint density at radius 1 is 1.32 bits per heavy atom. The van der Waals surface area contributed by atoms with E-state index in [1.54, 1.807) is 35.1 Å². The quantitative estimate of drug-likeness (QED) is 0.729. The summed E-state index contributed by atoms with van der Waals surface area (Å²) in [5.41, 5.74) is 0.941. The highest BCUT2D eigenvalue weighted by atomic mass is 16.4. The molecule has 3 rings (SSSR count). The third-order valence-corrected chi connectivity index (χ3v) is 2.75. The van der Waals surface area contributed by atoms with E-state index in [0.717, 1.165) is 0 Å². The van der Waals surface area contributed by atoms with Crippen molar-refractivity contribution in [2.75, 3.05) is 0 Å². The third kappa shape index (κ3) is 1.79. The van der Waals surface area contributed by atoms with Crippen LogP contribution in [-0.2, 0) is 0 Å². The summed E-state index contributed by atoms with van der Waals surface area (Å²) in [4.78, 5) is 19.3. The van der Waals surface area contributed by atoms with Crippen molar-refractivity contribution in [1.29, 1.82) is 0 Å². The average molecular weight is 255 g/mol. The number of imidazole rings is 1. The number of hydrogen-bond acceptors (Lipinski definition) is 4. The molecule has 2 N–H and O–H groups in total. The SMILES string of the molecule is O=C(O)c1nc(-c2cccnc2)n2ccc(O)cc12. The number of pyridine rings is 2. The molecule has 0 aliphatic rings. The number of carbonyl (C=O) groups is 1. The lowest BCUT2D eigenvalue weighted by atomic mass is 10.3. The first-order chi connectivity index (χ1) is 9.16. The van der Waals surface area contributed by atoms with Crippen LogP contribution in [0.15, 0.2) is 42.9 Å². The van der Waals surface area contributed by atoms with Gasteiger partial charge in [0.15, 0.2) is 5.69 Å². The lowest BCUT2D eigenvalue weighted by molar-refractivity contribution is 0.0693. The van der Waals surface area contributed by atoms with E-state index >= 15 is 0 Å². The Kier molecular flexibility index (Phi) is 2.42. The van der Waals surface area contributed by atoms with E-state index in [-0.39, 0.29) is 11.4 Å². The van der Waals surface area contributed by atoms with Crippen molar-refractivity contribution in [3.8, 4) is 17.1 Å². The first kappa shape index (κ1) is 11.2. The number of aromatic carboxylic acids is 1. The standard InChI is InChI=1S/C13H9N3O3/c17-9-3-5-16-10(6-9)11(13(18)19)15-12(16)8-2-1-4-14-7-8/h1-7,17H,(H,18,19). The molecule has 0 radical (unpaired) electrons. The minimum absolute atomic E-state index is 0.00682. The van der Waals surface area contributed by atoms with Gasteiger partial charge in [0.2, 0.25) is 0 Å². The summed E-state index contributed by atoms with van der Waals surface area (Å²) in [5, 5.41) is 18.6. The molecule has 0 saturated heterocycles. The second-order valence-corrected chi connectivity index (χ2v) is 3.97. The highest BCUT2D eigenvalue weighted by molar-refractivity contribution is 5.95. The van der Waals surface area contributed by atoms with Crippen molar-refractivity contribution >= 4 is 11.5 Å². The lowest BCUT2D eigenvalue weighted by Gasteiger charge is -2.00. The van der Waals surface area contributed by atoms with Gasteiger partial charge in [-0.25, -0.2) is 9.78 Å². The number of hydrogen-bond donors (Lipinski definition) is 2. The monoisotopic (exact) mass is 255 g/mol. The minimum Gasteiger partial charge on any atom is -0.508 e. The van der Waals surface area contributed by atoms with Gasteiger partial charge in [0, 0.05) is 30.2 Å². The number of rotatable bonds is 2. The van der Waals surface area contributed by atoms with Crippen LogP contribution in [0.2, 0.25) is 0 Å². The highest BCUT2D eigenvalue weighted by Gasteiger charge is 2.18. The maximum atomic E-state index is 11.2.